The summed E-state index contributed by atoms with van der Waals surface area (Å²) in [5.74, 6) is -2.67. The molecule has 1 N–H and O–H groups in total. The molecule has 0 radical (unpaired) electrons. The van der Waals surface area contributed by atoms with E-state index in [0.717, 1.165) is 11.3 Å². The maximum atomic E-state index is 13.3. The molecule has 1 aromatic heterocycles. The van der Waals surface area contributed by atoms with Crippen LogP contribution in [0.25, 0.3) is 11.1 Å². The van der Waals surface area contributed by atoms with Crippen molar-refractivity contribution < 1.29 is 28.2 Å². The van der Waals surface area contributed by atoms with Gasteiger partial charge >= 0.3 is 11.9 Å². The van der Waals surface area contributed by atoms with Crippen molar-refractivity contribution in [1.82, 2.24) is 0 Å². The van der Waals surface area contributed by atoms with Gasteiger partial charge in [0, 0.05) is 16.9 Å². The van der Waals surface area contributed by atoms with Gasteiger partial charge in [0.15, 0.2) is 0 Å². The minimum atomic E-state index is -0.730. The predicted octanol–water partition coefficient (Wildman–Crippen LogP) is 4.26. The largest absolute Gasteiger partial charge is 0.462 e. The van der Waals surface area contributed by atoms with Crippen LogP contribution in [0, 0.1) is 11.7 Å². The average molecular weight is 439 g/mol. The van der Waals surface area contributed by atoms with Gasteiger partial charge in [0.25, 0.3) is 5.91 Å². The third kappa shape index (κ3) is 4.20. The highest BCUT2D eigenvalue weighted by Crippen LogP contribution is 2.37. The molecule has 0 fully saturated rings. The van der Waals surface area contributed by atoms with Crippen molar-refractivity contribution in [2.45, 2.75) is 13.0 Å². The maximum Gasteiger partial charge on any atom is 0.344 e. The van der Waals surface area contributed by atoms with E-state index in [-0.39, 0.29) is 28.7 Å². The van der Waals surface area contributed by atoms with E-state index in [1.165, 1.54) is 24.3 Å². The molecule has 2 aromatic rings. The number of fused-ring (bicyclic) bond motifs is 1. The Balaban J connectivity index is 1.65. The molecule has 1 aromatic carbocycles. The normalized spacial score (nSPS) is 19.3. The number of hydrogen-bond donors (Lipinski definition) is 1. The van der Waals surface area contributed by atoms with E-state index in [1.54, 1.807) is 30.5 Å². The minimum absolute atomic E-state index is 0.132. The first-order chi connectivity index (χ1) is 15.0. The summed E-state index contributed by atoms with van der Waals surface area (Å²) in [6.45, 7) is 1.82. The molecule has 2 unspecified atom stereocenters. The lowest BCUT2D eigenvalue weighted by atomic mass is 9.92. The van der Waals surface area contributed by atoms with Crippen molar-refractivity contribution in [3.8, 4) is 11.1 Å². The van der Waals surface area contributed by atoms with Crippen molar-refractivity contribution in [3.05, 3.63) is 77.0 Å². The second-order valence-corrected chi connectivity index (χ2v) is 7.71. The summed E-state index contributed by atoms with van der Waals surface area (Å²) in [7, 11) is 0. The zero-order valence-corrected chi connectivity index (χ0v) is 17.3. The number of hydrogen-bond acceptors (Lipinski definition) is 6. The van der Waals surface area contributed by atoms with E-state index in [4.69, 9.17) is 9.47 Å². The van der Waals surface area contributed by atoms with Crippen LogP contribution in [0.3, 0.4) is 0 Å². The van der Waals surface area contributed by atoms with Crippen LogP contribution >= 0.6 is 11.3 Å². The summed E-state index contributed by atoms with van der Waals surface area (Å²) in [6.07, 6.45) is 8.31. The topological polar surface area (TPSA) is 81.7 Å². The standard InChI is InChI=1S/C23H18FNO5S/c1-2-29-23(28)19-17(13-7-9-15(24)10-8-13)12-31-21(19)25-20(26)16-11-14-5-3-4-6-18(14)30-22(16)27/h3-12,14,18H,2H2,1H3,(H,25,26). The van der Waals surface area contributed by atoms with Crippen LogP contribution < -0.4 is 5.32 Å². The van der Waals surface area contributed by atoms with Crippen LogP contribution in [0.1, 0.15) is 17.3 Å². The Hall–Kier alpha value is -3.52. The number of ether oxygens (including phenoxy) is 2. The molecule has 2 atom stereocenters. The van der Waals surface area contributed by atoms with E-state index in [1.807, 2.05) is 12.2 Å². The van der Waals surface area contributed by atoms with Crippen LogP contribution in [-0.4, -0.2) is 30.6 Å². The molecule has 0 saturated heterocycles. The third-order valence-corrected chi connectivity index (χ3v) is 5.74. The van der Waals surface area contributed by atoms with Gasteiger partial charge in [0.1, 0.15) is 28.1 Å². The number of esters is 2. The molecular formula is C23H18FNO5S. The lowest BCUT2D eigenvalue weighted by Crippen LogP contribution is -2.34. The second-order valence-electron chi connectivity index (χ2n) is 6.83. The third-order valence-electron chi connectivity index (χ3n) is 4.84. The van der Waals surface area contributed by atoms with Crippen LogP contribution in [0.4, 0.5) is 9.39 Å². The summed E-state index contributed by atoms with van der Waals surface area (Å²) in [6, 6.07) is 5.64. The van der Waals surface area contributed by atoms with Gasteiger partial charge in [-0.3, -0.25) is 4.79 Å². The molecule has 1 amide bonds. The molecule has 4 rings (SSSR count). The fraction of sp³-hybridized carbons (Fsp3) is 0.174. The molecular weight excluding hydrogens is 421 g/mol. The number of carbonyl (C=O) groups is 3. The zero-order chi connectivity index (χ0) is 22.0. The zero-order valence-electron chi connectivity index (χ0n) is 16.5. The Morgan fingerprint density at radius 1 is 1.19 bits per heavy atom. The van der Waals surface area contributed by atoms with Gasteiger partial charge in [-0.15, -0.1) is 11.3 Å². The molecule has 0 saturated carbocycles. The fourth-order valence-electron chi connectivity index (χ4n) is 3.36. The number of halogens is 1. The Labute approximate surface area is 181 Å². The fourth-order valence-corrected chi connectivity index (χ4v) is 4.31. The van der Waals surface area contributed by atoms with E-state index in [0.29, 0.717) is 11.1 Å². The van der Waals surface area contributed by atoms with Gasteiger partial charge in [-0.25, -0.2) is 14.0 Å². The number of amides is 1. The quantitative estimate of drug-likeness (QED) is 0.556. The Morgan fingerprint density at radius 3 is 2.68 bits per heavy atom. The molecule has 1 aliphatic heterocycles. The second kappa shape index (κ2) is 8.69. The Bertz CT molecular complexity index is 1130. The van der Waals surface area contributed by atoms with E-state index in [2.05, 4.69) is 5.32 Å². The van der Waals surface area contributed by atoms with E-state index < -0.39 is 29.8 Å². The van der Waals surface area contributed by atoms with E-state index >= 15 is 0 Å². The summed E-state index contributed by atoms with van der Waals surface area (Å²) in [5.41, 5.74) is 1.11. The van der Waals surface area contributed by atoms with Crippen LogP contribution in [-0.2, 0) is 19.1 Å². The van der Waals surface area contributed by atoms with Crippen molar-refractivity contribution in [1.29, 1.82) is 0 Å². The lowest BCUT2D eigenvalue weighted by Gasteiger charge is -2.27. The minimum Gasteiger partial charge on any atom is -0.462 e. The Morgan fingerprint density at radius 2 is 1.94 bits per heavy atom. The predicted molar refractivity (Wildman–Crippen MR) is 114 cm³/mol. The molecule has 6 nitrogen and oxygen atoms in total. The average Bonchev–Trinajstić information content (AvgIpc) is 3.17. The van der Waals surface area contributed by atoms with Crippen LogP contribution in [0.15, 0.2) is 65.6 Å². The van der Waals surface area contributed by atoms with Gasteiger partial charge < -0.3 is 14.8 Å². The maximum absolute atomic E-state index is 13.3. The van der Waals surface area contributed by atoms with Crippen molar-refractivity contribution >= 4 is 34.2 Å². The smallest absolute Gasteiger partial charge is 0.344 e. The molecule has 1 aliphatic carbocycles. The number of nitrogens with one attached hydrogen (secondary N) is 1. The highest BCUT2D eigenvalue weighted by Gasteiger charge is 2.33. The van der Waals surface area contributed by atoms with E-state index in [9.17, 15) is 18.8 Å². The van der Waals surface area contributed by atoms with Crippen LogP contribution in [0.5, 0.6) is 0 Å². The molecule has 2 heterocycles. The van der Waals surface area contributed by atoms with Gasteiger partial charge in [-0.05, 0) is 30.7 Å². The van der Waals surface area contributed by atoms with Crippen molar-refractivity contribution in [3.63, 3.8) is 0 Å². The highest BCUT2D eigenvalue weighted by molar-refractivity contribution is 7.15. The first-order valence-corrected chi connectivity index (χ1v) is 10.5. The molecule has 8 heteroatoms. The van der Waals surface area contributed by atoms with Crippen molar-refractivity contribution in [2.75, 3.05) is 11.9 Å². The monoisotopic (exact) mass is 439 g/mol. The highest BCUT2D eigenvalue weighted by atomic mass is 32.1. The SMILES string of the molecule is CCOC(=O)c1c(-c2ccc(F)cc2)csc1NC(=O)C1=CC2C=CC=CC2OC1=O. The number of benzene rings is 1. The molecule has 0 spiro atoms. The number of rotatable bonds is 5. The molecule has 2 aliphatic rings. The van der Waals surface area contributed by atoms with Gasteiger partial charge in [-0.2, -0.15) is 0 Å². The van der Waals surface area contributed by atoms with Gasteiger partial charge in [0.2, 0.25) is 0 Å². The number of thiophene rings is 1. The summed E-state index contributed by atoms with van der Waals surface area (Å²) in [5, 5.41) is 4.55. The summed E-state index contributed by atoms with van der Waals surface area (Å²) in [4.78, 5) is 37.8. The molecule has 158 valence electrons. The van der Waals surface area contributed by atoms with Crippen LogP contribution in [0.2, 0.25) is 0 Å². The number of allylic oxidation sites excluding steroid dienone is 2. The summed E-state index contributed by atoms with van der Waals surface area (Å²) < 4.78 is 23.8. The number of anilines is 1. The number of carbonyl (C=O) groups excluding carboxylic acids is 3. The Kier molecular flexibility index (Phi) is 5.81. The van der Waals surface area contributed by atoms with Gasteiger partial charge in [0.05, 0.1) is 6.61 Å². The first-order valence-electron chi connectivity index (χ1n) is 9.61. The van der Waals surface area contributed by atoms with Gasteiger partial charge in [-0.1, -0.05) is 36.4 Å². The molecule has 31 heavy (non-hydrogen) atoms. The summed E-state index contributed by atoms with van der Waals surface area (Å²) >= 11 is 1.11. The first kappa shape index (κ1) is 20.7. The lowest BCUT2D eigenvalue weighted by molar-refractivity contribution is -0.145. The van der Waals surface area contributed by atoms with Crippen molar-refractivity contribution in [2.24, 2.45) is 5.92 Å². The molecule has 0 bridgehead atoms.